The molecule has 2 aromatic rings. The van der Waals surface area contributed by atoms with E-state index in [2.05, 4.69) is 19.2 Å². The van der Waals surface area contributed by atoms with Crippen molar-refractivity contribution in [2.45, 2.75) is 71.0 Å². The maximum Gasteiger partial charge on any atom is 0.261 e. The topological polar surface area (TPSA) is 67.9 Å². The summed E-state index contributed by atoms with van der Waals surface area (Å²) in [6.07, 6.45) is 4.26. The number of hydrogen-bond acceptors (Lipinski definition) is 4. The molecule has 1 unspecified atom stereocenters. The average Bonchev–Trinajstić information content (AvgIpc) is 3.34. The molecule has 2 amide bonds. The lowest BCUT2D eigenvalue weighted by Gasteiger charge is -2.29. The van der Waals surface area contributed by atoms with Crippen LogP contribution in [0.3, 0.4) is 0 Å². The van der Waals surface area contributed by atoms with Crippen LogP contribution in [0.2, 0.25) is 0 Å². The minimum Gasteiger partial charge on any atom is -0.497 e. The molecule has 1 fully saturated rings. The van der Waals surface area contributed by atoms with Gasteiger partial charge >= 0.3 is 0 Å². The Bertz CT molecular complexity index is 920. The van der Waals surface area contributed by atoms with Gasteiger partial charge in [0.25, 0.3) is 5.91 Å². The fourth-order valence-electron chi connectivity index (χ4n) is 4.12. The lowest BCUT2D eigenvalue weighted by atomic mass is 10.0. The molecule has 0 radical (unpaired) electrons. The van der Waals surface area contributed by atoms with Gasteiger partial charge < -0.3 is 19.7 Å². The van der Waals surface area contributed by atoms with E-state index in [9.17, 15) is 9.59 Å². The van der Waals surface area contributed by atoms with Crippen LogP contribution in [-0.2, 0) is 16.1 Å². The van der Waals surface area contributed by atoms with Crippen LogP contribution in [-0.4, -0.2) is 42.5 Å². The van der Waals surface area contributed by atoms with Gasteiger partial charge in [0.2, 0.25) is 5.91 Å². The van der Waals surface area contributed by atoms with Crippen molar-refractivity contribution < 1.29 is 19.1 Å². The lowest BCUT2D eigenvalue weighted by molar-refractivity contribution is -0.142. The van der Waals surface area contributed by atoms with E-state index in [0.29, 0.717) is 24.0 Å². The lowest BCUT2D eigenvalue weighted by Crippen LogP contribution is -2.50. The van der Waals surface area contributed by atoms with Crippen LogP contribution in [0.5, 0.6) is 11.5 Å². The zero-order valence-corrected chi connectivity index (χ0v) is 20.2. The molecule has 33 heavy (non-hydrogen) atoms. The van der Waals surface area contributed by atoms with Crippen molar-refractivity contribution in [2.24, 2.45) is 0 Å². The predicted octanol–water partition coefficient (Wildman–Crippen LogP) is 4.67. The van der Waals surface area contributed by atoms with Gasteiger partial charge in [-0.05, 0) is 61.1 Å². The second-order valence-corrected chi connectivity index (χ2v) is 9.05. The number of methoxy groups -OCH3 is 1. The molecule has 0 spiro atoms. The van der Waals surface area contributed by atoms with E-state index in [1.54, 1.807) is 18.9 Å². The molecule has 1 saturated carbocycles. The Morgan fingerprint density at radius 1 is 1.03 bits per heavy atom. The van der Waals surface area contributed by atoms with Gasteiger partial charge in [0.15, 0.2) is 6.61 Å². The number of hydrogen-bond donors (Lipinski definition) is 1. The number of nitrogens with zero attached hydrogens (tertiary/aromatic N) is 1. The molecule has 178 valence electrons. The number of nitrogens with one attached hydrogen (secondary N) is 1. The summed E-state index contributed by atoms with van der Waals surface area (Å²) in [5.41, 5.74) is 2.11. The fraction of sp³-hybridized carbons (Fsp3) is 0.481. The Morgan fingerprint density at radius 2 is 1.73 bits per heavy atom. The van der Waals surface area contributed by atoms with Crippen molar-refractivity contribution in [3.63, 3.8) is 0 Å². The highest BCUT2D eigenvalue weighted by molar-refractivity contribution is 5.88. The zero-order chi connectivity index (χ0) is 23.8. The third kappa shape index (κ3) is 6.98. The van der Waals surface area contributed by atoms with Crippen molar-refractivity contribution >= 4 is 11.8 Å². The van der Waals surface area contributed by atoms with Gasteiger partial charge in [-0.2, -0.15) is 0 Å². The van der Waals surface area contributed by atoms with E-state index >= 15 is 0 Å². The highest BCUT2D eigenvalue weighted by atomic mass is 16.5. The molecular formula is C27H36N2O4. The molecule has 0 bridgehead atoms. The predicted molar refractivity (Wildman–Crippen MR) is 129 cm³/mol. The summed E-state index contributed by atoms with van der Waals surface area (Å²) in [5, 5.41) is 3.11. The normalized spacial score (nSPS) is 14.7. The second-order valence-electron chi connectivity index (χ2n) is 9.05. The molecule has 1 atom stereocenters. The molecule has 0 aromatic heterocycles. The molecular weight excluding hydrogens is 416 g/mol. The Balaban J connectivity index is 1.71. The molecule has 0 aliphatic heterocycles. The molecule has 0 heterocycles. The van der Waals surface area contributed by atoms with Crippen molar-refractivity contribution in [3.05, 3.63) is 59.7 Å². The first kappa shape index (κ1) is 24.6. The van der Waals surface area contributed by atoms with Gasteiger partial charge in [-0.25, -0.2) is 0 Å². The van der Waals surface area contributed by atoms with Crippen LogP contribution in [0.1, 0.15) is 63.5 Å². The van der Waals surface area contributed by atoms with Gasteiger partial charge in [0.05, 0.1) is 7.11 Å². The maximum absolute atomic E-state index is 13.2. The summed E-state index contributed by atoms with van der Waals surface area (Å²) in [6.45, 7) is 6.21. The highest BCUT2D eigenvalue weighted by Gasteiger charge is 2.28. The standard InChI is InChI=1S/C27H36N2O4/c1-19(2)22-12-14-24(15-13-22)33-18-26(30)29(17-21-8-7-11-25(16-21)32-4)20(3)27(31)28-23-9-5-6-10-23/h7-8,11-16,19-20,23H,5-6,9-10,17-18H2,1-4H3,(H,28,31). The van der Waals surface area contributed by atoms with Crippen molar-refractivity contribution in [3.8, 4) is 11.5 Å². The van der Waals surface area contributed by atoms with Gasteiger partial charge in [-0.1, -0.05) is 51.0 Å². The third-order valence-electron chi connectivity index (χ3n) is 6.26. The van der Waals surface area contributed by atoms with E-state index in [1.165, 1.54) is 5.56 Å². The number of benzene rings is 2. The first-order valence-corrected chi connectivity index (χ1v) is 11.8. The van der Waals surface area contributed by atoms with Crippen molar-refractivity contribution in [2.75, 3.05) is 13.7 Å². The van der Waals surface area contributed by atoms with Gasteiger partial charge in [-0.3, -0.25) is 9.59 Å². The van der Waals surface area contributed by atoms with Crippen LogP contribution in [0.15, 0.2) is 48.5 Å². The first-order valence-electron chi connectivity index (χ1n) is 11.8. The molecule has 1 N–H and O–H groups in total. The summed E-state index contributed by atoms with van der Waals surface area (Å²) >= 11 is 0. The minimum absolute atomic E-state index is 0.126. The van der Waals surface area contributed by atoms with Crippen molar-refractivity contribution in [1.29, 1.82) is 0 Å². The number of rotatable bonds is 10. The van der Waals surface area contributed by atoms with E-state index in [1.807, 2.05) is 48.5 Å². The molecule has 0 saturated heterocycles. The quantitative estimate of drug-likeness (QED) is 0.569. The summed E-state index contributed by atoms with van der Waals surface area (Å²) in [6, 6.07) is 14.9. The number of amides is 2. The molecule has 3 rings (SSSR count). The monoisotopic (exact) mass is 452 g/mol. The molecule has 1 aliphatic carbocycles. The Hall–Kier alpha value is -3.02. The summed E-state index contributed by atoms with van der Waals surface area (Å²) in [7, 11) is 1.61. The van der Waals surface area contributed by atoms with E-state index in [4.69, 9.17) is 9.47 Å². The van der Waals surface area contributed by atoms with Gasteiger partial charge in [0.1, 0.15) is 17.5 Å². The third-order valence-corrected chi connectivity index (χ3v) is 6.26. The first-order chi connectivity index (χ1) is 15.9. The molecule has 6 nitrogen and oxygen atoms in total. The minimum atomic E-state index is -0.615. The number of carbonyl (C=O) groups excluding carboxylic acids is 2. The number of carbonyl (C=O) groups is 2. The second kappa shape index (κ2) is 11.7. The molecule has 1 aliphatic rings. The van der Waals surface area contributed by atoms with E-state index < -0.39 is 6.04 Å². The molecule has 6 heteroatoms. The zero-order valence-electron chi connectivity index (χ0n) is 20.2. The van der Waals surface area contributed by atoms with Crippen LogP contribution < -0.4 is 14.8 Å². The SMILES string of the molecule is COc1cccc(CN(C(=O)COc2ccc(C(C)C)cc2)C(C)C(=O)NC2CCCC2)c1. The average molecular weight is 453 g/mol. The highest BCUT2D eigenvalue weighted by Crippen LogP contribution is 2.21. The Kier molecular flexibility index (Phi) is 8.75. The van der Waals surface area contributed by atoms with Crippen LogP contribution >= 0.6 is 0 Å². The van der Waals surface area contributed by atoms with Gasteiger partial charge in [0, 0.05) is 12.6 Å². The van der Waals surface area contributed by atoms with Crippen LogP contribution in [0, 0.1) is 0 Å². The van der Waals surface area contributed by atoms with E-state index in [-0.39, 0.29) is 24.5 Å². The van der Waals surface area contributed by atoms with E-state index in [0.717, 1.165) is 31.2 Å². The van der Waals surface area contributed by atoms with Crippen molar-refractivity contribution in [1.82, 2.24) is 10.2 Å². The maximum atomic E-state index is 13.2. The number of ether oxygens (including phenoxy) is 2. The summed E-state index contributed by atoms with van der Waals surface area (Å²) in [4.78, 5) is 27.8. The smallest absolute Gasteiger partial charge is 0.261 e. The Morgan fingerprint density at radius 3 is 2.36 bits per heavy atom. The van der Waals surface area contributed by atoms with Crippen LogP contribution in [0.25, 0.3) is 0 Å². The molecule has 2 aromatic carbocycles. The summed E-state index contributed by atoms with van der Waals surface area (Å²) in [5.74, 6) is 1.42. The van der Waals surface area contributed by atoms with Gasteiger partial charge in [-0.15, -0.1) is 0 Å². The summed E-state index contributed by atoms with van der Waals surface area (Å²) < 4.78 is 11.1. The largest absolute Gasteiger partial charge is 0.497 e. The Labute approximate surface area is 197 Å². The fourth-order valence-corrected chi connectivity index (χ4v) is 4.12. The van der Waals surface area contributed by atoms with Crippen LogP contribution in [0.4, 0.5) is 0 Å².